The van der Waals surface area contributed by atoms with Crippen LogP contribution in [0.15, 0.2) is 59.9 Å². The van der Waals surface area contributed by atoms with Crippen molar-refractivity contribution in [2.24, 2.45) is 11.5 Å². The van der Waals surface area contributed by atoms with Crippen molar-refractivity contribution in [2.75, 3.05) is 0 Å². The minimum absolute atomic E-state index is 0.118. The van der Waals surface area contributed by atoms with Crippen LogP contribution in [0.2, 0.25) is 0 Å². The lowest BCUT2D eigenvalue weighted by Gasteiger charge is -2.25. The van der Waals surface area contributed by atoms with E-state index >= 15 is 0 Å². The molecular formula is C40H58N6O10. The molecule has 0 fully saturated rings. The zero-order valence-corrected chi connectivity index (χ0v) is 34.4. The standard InChI is InChI=1S/C40H58N6O10/c1-37(2,3)53-25-17-13-23(14-18-25)21-27(43-35(51)55-39(7,8)9)33(49)45-29(31(41)47)30(32(42)48)46-34(50)28(44-36(52)56-40(10,11)12)22-24-15-19-26(20-16-24)54-38(4,5)6/h13-20,27-28H,21-22H2,1-12H3,(H2,41,47)(H2,42,48)(H,43,51)(H,44,52)(H,45,49)(H,46,50)/b30-29+/t27-,28-/m0/s1. The van der Waals surface area contributed by atoms with Crippen molar-refractivity contribution >= 4 is 35.8 Å². The molecule has 2 aromatic carbocycles. The number of ether oxygens (including phenoxy) is 4. The van der Waals surface area contributed by atoms with Gasteiger partial charge in [-0.05, 0) is 118 Å². The summed E-state index contributed by atoms with van der Waals surface area (Å²) in [5, 5.41) is 9.45. The number of nitrogens with one attached hydrogen (secondary N) is 4. The lowest BCUT2D eigenvalue weighted by atomic mass is 10.0. The summed E-state index contributed by atoms with van der Waals surface area (Å²) in [4.78, 5) is 78.9. The van der Waals surface area contributed by atoms with E-state index in [-0.39, 0.29) is 12.8 Å². The molecule has 2 atom stereocenters. The first-order valence-electron chi connectivity index (χ1n) is 18.0. The van der Waals surface area contributed by atoms with Gasteiger partial charge < -0.3 is 51.7 Å². The second-order valence-corrected chi connectivity index (χ2v) is 17.0. The van der Waals surface area contributed by atoms with Crippen LogP contribution >= 0.6 is 0 Å². The predicted molar refractivity (Wildman–Crippen MR) is 209 cm³/mol. The topological polar surface area (TPSA) is 239 Å². The molecule has 6 amide bonds. The third-order valence-electron chi connectivity index (χ3n) is 6.83. The monoisotopic (exact) mass is 782 g/mol. The molecule has 2 rings (SSSR count). The Labute approximate surface area is 328 Å². The highest BCUT2D eigenvalue weighted by atomic mass is 16.6. The first-order valence-corrected chi connectivity index (χ1v) is 18.0. The summed E-state index contributed by atoms with van der Waals surface area (Å²) >= 11 is 0. The van der Waals surface area contributed by atoms with Crippen molar-refractivity contribution in [2.45, 2.75) is 130 Å². The fraction of sp³-hybridized carbons (Fsp3) is 0.500. The van der Waals surface area contributed by atoms with Crippen molar-refractivity contribution in [1.82, 2.24) is 21.3 Å². The minimum Gasteiger partial charge on any atom is -0.488 e. The third kappa shape index (κ3) is 17.6. The van der Waals surface area contributed by atoms with Crippen LogP contribution in [0.3, 0.4) is 0 Å². The quantitative estimate of drug-likeness (QED) is 0.150. The Kier molecular flexibility index (Phi) is 15.5. The van der Waals surface area contributed by atoms with Gasteiger partial charge in [-0.25, -0.2) is 9.59 Å². The number of alkyl carbamates (subject to hydrolysis) is 2. The summed E-state index contributed by atoms with van der Waals surface area (Å²) in [6, 6.07) is 10.7. The molecule has 0 radical (unpaired) electrons. The zero-order valence-electron chi connectivity index (χ0n) is 34.4. The molecule has 56 heavy (non-hydrogen) atoms. The number of primary amides is 2. The molecule has 0 aliphatic heterocycles. The van der Waals surface area contributed by atoms with Gasteiger partial charge in [0, 0.05) is 12.8 Å². The molecule has 0 spiro atoms. The molecule has 8 N–H and O–H groups in total. The summed E-state index contributed by atoms with van der Waals surface area (Å²) < 4.78 is 22.4. The highest BCUT2D eigenvalue weighted by molar-refractivity contribution is 6.08. The van der Waals surface area contributed by atoms with E-state index in [1.54, 1.807) is 90.1 Å². The SMILES string of the molecule is CC(C)(C)OC(=O)N[C@@H](Cc1ccc(OC(C)(C)C)cc1)C(=O)N/C(C(N)=O)=C(/NC(=O)[C@H](Cc1ccc(OC(C)(C)C)cc1)NC(=O)OC(C)(C)C)C(N)=O. The van der Waals surface area contributed by atoms with Crippen molar-refractivity contribution < 1.29 is 47.7 Å². The van der Waals surface area contributed by atoms with Gasteiger partial charge in [0.2, 0.25) is 11.8 Å². The van der Waals surface area contributed by atoms with Gasteiger partial charge in [0.15, 0.2) is 0 Å². The Balaban J connectivity index is 2.50. The van der Waals surface area contributed by atoms with E-state index in [2.05, 4.69) is 21.3 Å². The first-order chi connectivity index (χ1) is 25.5. The highest BCUT2D eigenvalue weighted by Crippen LogP contribution is 2.21. The normalized spacial score (nSPS) is 13.5. The maximum absolute atomic E-state index is 13.8. The molecule has 0 heterocycles. The van der Waals surface area contributed by atoms with Crippen LogP contribution in [0.4, 0.5) is 9.59 Å². The Bertz CT molecular complexity index is 1630. The number of rotatable bonds is 14. The van der Waals surface area contributed by atoms with Gasteiger partial charge in [0.1, 0.15) is 57.4 Å². The highest BCUT2D eigenvalue weighted by Gasteiger charge is 2.31. The van der Waals surface area contributed by atoms with E-state index in [0.717, 1.165) is 0 Å². The van der Waals surface area contributed by atoms with Crippen LogP contribution in [0.5, 0.6) is 11.5 Å². The molecule has 0 aliphatic rings. The van der Waals surface area contributed by atoms with Crippen LogP contribution < -0.4 is 42.2 Å². The Morgan fingerprint density at radius 2 is 0.786 bits per heavy atom. The van der Waals surface area contributed by atoms with Crippen molar-refractivity contribution in [1.29, 1.82) is 0 Å². The number of carbonyl (C=O) groups is 6. The molecule has 0 aliphatic carbocycles. The smallest absolute Gasteiger partial charge is 0.408 e. The number of benzene rings is 2. The van der Waals surface area contributed by atoms with E-state index in [4.69, 9.17) is 30.4 Å². The average molecular weight is 783 g/mol. The summed E-state index contributed by atoms with van der Waals surface area (Å²) in [7, 11) is 0. The molecule has 2 aromatic rings. The fourth-order valence-electron chi connectivity index (χ4n) is 4.80. The van der Waals surface area contributed by atoms with Gasteiger partial charge >= 0.3 is 12.2 Å². The van der Waals surface area contributed by atoms with Crippen LogP contribution in [0.1, 0.15) is 94.2 Å². The number of hydrogen-bond acceptors (Lipinski definition) is 10. The Hall–Kier alpha value is -5.80. The van der Waals surface area contributed by atoms with Gasteiger partial charge in [-0.15, -0.1) is 0 Å². The number of carbonyl (C=O) groups excluding carboxylic acids is 6. The van der Waals surface area contributed by atoms with Crippen molar-refractivity contribution in [3.63, 3.8) is 0 Å². The molecule has 0 aromatic heterocycles. The van der Waals surface area contributed by atoms with Crippen LogP contribution in [-0.2, 0) is 41.5 Å². The maximum Gasteiger partial charge on any atom is 0.408 e. The zero-order chi connectivity index (χ0) is 42.8. The molecule has 0 bridgehead atoms. The molecule has 0 saturated carbocycles. The second kappa shape index (κ2) is 18.7. The minimum atomic E-state index is -1.40. The summed E-state index contributed by atoms with van der Waals surface area (Å²) in [6.45, 7) is 21.1. The number of nitrogens with two attached hydrogens (primary N) is 2. The summed E-state index contributed by atoms with van der Waals surface area (Å²) in [6.07, 6.45) is -2.14. The molecule has 16 nitrogen and oxygen atoms in total. The predicted octanol–water partition coefficient (Wildman–Crippen LogP) is 4.03. The summed E-state index contributed by atoms with van der Waals surface area (Å²) in [5.41, 5.74) is 7.84. The second-order valence-electron chi connectivity index (χ2n) is 17.0. The van der Waals surface area contributed by atoms with Crippen LogP contribution in [0, 0.1) is 0 Å². The Morgan fingerprint density at radius 1 is 0.500 bits per heavy atom. The third-order valence-corrected chi connectivity index (χ3v) is 6.83. The largest absolute Gasteiger partial charge is 0.488 e. The van der Waals surface area contributed by atoms with E-state index in [1.165, 1.54) is 0 Å². The van der Waals surface area contributed by atoms with E-state index in [0.29, 0.717) is 22.6 Å². The number of hydrogen-bond donors (Lipinski definition) is 6. The van der Waals surface area contributed by atoms with Crippen molar-refractivity contribution in [3.8, 4) is 11.5 Å². The fourth-order valence-corrected chi connectivity index (χ4v) is 4.80. The van der Waals surface area contributed by atoms with E-state index in [9.17, 15) is 28.8 Å². The van der Waals surface area contributed by atoms with Gasteiger partial charge in [-0.3, -0.25) is 19.2 Å². The summed E-state index contributed by atoms with van der Waals surface area (Å²) in [5.74, 6) is -3.58. The van der Waals surface area contributed by atoms with Gasteiger partial charge in [-0.2, -0.15) is 0 Å². The van der Waals surface area contributed by atoms with Crippen LogP contribution in [-0.4, -0.2) is 70.3 Å². The Morgan fingerprint density at radius 3 is 1.02 bits per heavy atom. The average Bonchev–Trinajstić information content (AvgIpc) is 3.00. The van der Waals surface area contributed by atoms with Gasteiger partial charge in [0.05, 0.1) is 0 Å². The van der Waals surface area contributed by atoms with E-state index in [1.807, 2.05) is 41.5 Å². The molecular weight excluding hydrogens is 724 g/mol. The molecule has 308 valence electrons. The molecule has 16 heteroatoms. The number of amides is 6. The maximum atomic E-state index is 13.8. The van der Waals surface area contributed by atoms with Crippen molar-refractivity contribution in [3.05, 3.63) is 71.1 Å². The lowest BCUT2D eigenvalue weighted by molar-refractivity contribution is -0.126. The van der Waals surface area contributed by atoms with E-state index < -0.39 is 81.7 Å². The lowest BCUT2D eigenvalue weighted by Crippen LogP contribution is -2.53. The van der Waals surface area contributed by atoms with Crippen LogP contribution in [0.25, 0.3) is 0 Å². The van der Waals surface area contributed by atoms with Gasteiger partial charge in [0.25, 0.3) is 11.8 Å². The first kappa shape index (κ1) is 46.4. The molecule has 0 unspecified atom stereocenters. The molecule has 0 saturated heterocycles. The van der Waals surface area contributed by atoms with Gasteiger partial charge in [-0.1, -0.05) is 24.3 Å².